The summed E-state index contributed by atoms with van der Waals surface area (Å²) in [5.41, 5.74) is 0. The van der Waals surface area contributed by atoms with Crippen LogP contribution in [0.1, 0.15) is 39.0 Å². The summed E-state index contributed by atoms with van der Waals surface area (Å²) >= 11 is 0.538. The standard InChI is InChI=1S/C17H28SeSi/c1-5-6-7-8-12-15-17(19(2,3)4)18-16-13-10-9-11-14-16/h9-11,13-15H,5-8,12H2,1-4H3/b17-15-. The first-order valence-corrected chi connectivity index (χ1v) is 12.7. The van der Waals surface area contributed by atoms with Gasteiger partial charge in [0.15, 0.2) is 0 Å². The third-order valence-corrected chi connectivity index (χ3v) is 11.0. The second-order valence-electron chi connectivity index (χ2n) is 6.08. The van der Waals surface area contributed by atoms with Crippen LogP contribution in [0.2, 0.25) is 19.6 Å². The molecular formula is C17H28SeSi. The van der Waals surface area contributed by atoms with Crippen molar-refractivity contribution in [2.24, 2.45) is 0 Å². The summed E-state index contributed by atoms with van der Waals surface area (Å²) in [6, 6.07) is 11.0. The van der Waals surface area contributed by atoms with Crippen LogP contribution >= 0.6 is 0 Å². The van der Waals surface area contributed by atoms with Crippen molar-refractivity contribution < 1.29 is 0 Å². The molecule has 0 spiro atoms. The Kier molecular flexibility index (Phi) is 7.75. The van der Waals surface area contributed by atoms with Crippen LogP contribution in [-0.2, 0) is 0 Å². The van der Waals surface area contributed by atoms with Crippen molar-refractivity contribution in [1.29, 1.82) is 0 Å². The van der Waals surface area contributed by atoms with Crippen LogP contribution in [0.5, 0.6) is 0 Å². The van der Waals surface area contributed by atoms with Crippen LogP contribution in [0.3, 0.4) is 0 Å². The Bertz CT molecular complexity index is 376. The number of rotatable bonds is 8. The second kappa shape index (κ2) is 8.79. The molecule has 0 saturated heterocycles. The van der Waals surface area contributed by atoms with Gasteiger partial charge >= 0.3 is 127 Å². The molecule has 0 N–H and O–H groups in total. The van der Waals surface area contributed by atoms with Gasteiger partial charge in [-0.25, -0.2) is 0 Å². The molecule has 0 heterocycles. The Morgan fingerprint density at radius 3 is 2.32 bits per heavy atom. The Morgan fingerprint density at radius 2 is 1.74 bits per heavy atom. The molecule has 0 atom stereocenters. The van der Waals surface area contributed by atoms with Crippen LogP contribution in [0.4, 0.5) is 0 Å². The molecule has 0 bridgehead atoms. The first-order valence-electron chi connectivity index (χ1n) is 7.47. The molecule has 0 amide bonds. The molecule has 19 heavy (non-hydrogen) atoms. The third kappa shape index (κ3) is 7.15. The molecular weight excluding hydrogens is 311 g/mol. The van der Waals surface area contributed by atoms with Gasteiger partial charge in [-0.3, -0.25) is 0 Å². The maximum atomic E-state index is 2.58. The second-order valence-corrected chi connectivity index (χ2v) is 14.3. The molecule has 0 radical (unpaired) electrons. The molecule has 0 saturated carbocycles. The summed E-state index contributed by atoms with van der Waals surface area (Å²) < 4.78 is 3.31. The van der Waals surface area contributed by atoms with Crippen LogP contribution < -0.4 is 4.46 Å². The van der Waals surface area contributed by atoms with E-state index in [2.05, 4.69) is 63.0 Å². The van der Waals surface area contributed by atoms with E-state index in [9.17, 15) is 0 Å². The summed E-state index contributed by atoms with van der Waals surface area (Å²) in [6.45, 7) is 9.72. The molecule has 0 aliphatic heterocycles. The average Bonchev–Trinajstić information content (AvgIpc) is 2.37. The van der Waals surface area contributed by atoms with Gasteiger partial charge in [-0.05, 0) is 0 Å². The Hall–Kier alpha value is -0.304. The van der Waals surface area contributed by atoms with Crippen molar-refractivity contribution >= 4 is 27.5 Å². The first-order chi connectivity index (χ1) is 9.04. The molecule has 0 nitrogen and oxygen atoms in total. The monoisotopic (exact) mass is 340 g/mol. The fourth-order valence-electron chi connectivity index (χ4n) is 1.92. The van der Waals surface area contributed by atoms with Crippen molar-refractivity contribution in [3.8, 4) is 0 Å². The van der Waals surface area contributed by atoms with Crippen molar-refractivity contribution in [3.63, 3.8) is 0 Å². The Morgan fingerprint density at radius 1 is 1.05 bits per heavy atom. The zero-order valence-corrected chi connectivity index (χ0v) is 15.6. The van der Waals surface area contributed by atoms with Crippen LogP contribution in [0.25, 0.3) is 0 Å². The molecule has 0 aliphatic carbocycles. The van der Waals surface area contributed by atoms with Crippen LogP contribution in [-0.4, -0.2) is 23.0 Å². The fourth-order valence-corrected chi connectivity index (χ4v) is 7.09. The normalized spacial score (nSPS) is 12.7. The predicted octanol–water partition coefficient (Wildman–Crippen LogP) is 4.75. The molecule has 1 rings (SSSR count). The van der Waals surface area contributed by atoms with E-state index in [-0.39, 0.29) is 0 Å². The summed E-state index contributed by atoms with van der Waals surface area (Å²) in [5, 5.41) is 0. The predicted molar refractivity (Wildman–Crippen MR) is 92.0 cm³/mol. The summed E-state index contributed by atoms with van der Waals surface area (Å²) in [5.74, 6) is 0. The van der Waals surface area contributed by atoms with E-state index in [1.165, 1.54) is 36.6 Å². The minimum absolute atomic E-state index is 0.538. The van der Waals surface area contributed by atoms with Crippen LogP contribution in [0, 0.1) is 0 Å². The number of allylic oxidation sites excluding steroid dienone is 1. The fraction of sp³-hybridized carbons (Fsp3) is 0.529. The van der Waals surface area contributed by atoms with Gasteiger partial charge in [-0.2, -0.15) is 0 Å². The SMILES string of the molecule is CCCCCC/C=C(/[Se]c1ccccc1)[Si](C)(C)C. The van der Waals surface area contributed by atoms with Gasteiger partial charge in [0.05, 0.1) is 0 Å². The number of benzene rings is 1. The van der Waals surface area contributed by atoms with Crippen molar-refractivity contribution in [1.82, 2.24) is 0 Å². The molecule has 0 aliphatic rings. The summed E-state index contributed by atoms with van der Waals surface area (Å²) in [6.07, 6.45) is 9.35. The Labute approximate surface area is 126 Å². The molecule has 0 fully saturated rings. The number of hydrogen-bond donors (Lipinski definition) is 0. The first kappa shape index (κ1) is 16.7. The van der Waals surface area contributed by atoms with Crippen molar-refractivity contribution in [2.45, 2.75) is 58.7 Å². The van der Waals surface area contributed by atoms with Gasteiger partial charge in [0.25, 0.3) is 0 Å². The quantitative estimate of drug-likeness (QED) is 0.474. The van der Waals surface area contributed by atoms with Gasteiger partial charge in [-0.15, -0.1) is 0 Å². The molecule has 1 aromatic rings. The zero-order chi connectivity index (χ0) is 14.1. The van der Waals surface area contributed by atoms with Gasteiger partial charge in [0.1, 0.15) is 0 Å². The van der Waals surface area contributed by atoms with E-state index in [4.69, 9.17) is 0 Å². The maximum absolute atomic E-state index is 2.58. The van der Waals surface area contributed by atoms with Gasteiger partial charge in [0, 0.05) is 0 Å². The molecule has 1 aromatic carbocycles. The van der Waals surface area contributed by atoms with Crippen LogP contribution in [0.15, 0.2) is 40.5 Å². The molecule has 0 unspecified atom stereocenters. The number of hydrogen-bond acceptors (Lipinski definition) is 0. The van der Waals surface area contributed by atoms with Crippen molar-refractivity contribution in [2.75, 3.05) is 0 Å². The minimum atomic E-state index is -1.15. The van der Waals surface area contributed by atoms with E-state index < -0.39 is 8.07 Å². The van der Waals surface area contributed by atoms with E-state index in [1.54, 1.807) is 4.09 Å². The molecule has 0 aromatic heterocycles. The van der Waals surface area contributed by atoms with E-state index in [1.807, 2.05) is 0 Å². The number of unbranched alkanes of at least 4 members (excludes halogenated alkanes) is 4. The van der Waals surface area contributed by atoms with Gasteiger partial charge in [-0.1, -0.05) is 0 Å². The van der Waals surface area contributed by atoms with Gasteiger partial charge in [0.2, 0.25) is 0 Å². The van der Waals surface area contributed by atoms with E-state index in [0.717, 1.165) is 0 Å². The summed E-state index contributed by atoms with van der Waals surface area (Å²) in [4.78, 5) is 0. The van der Waals surface area contributed by atoms with Gasteiger partial charge < -0.3 is 0 Å². The molecule has 2 heteroatoms. The van der Waals surface area contributed by atoms with Crippen molar-refractivity contribution in [3.05, 3.63) is 40.5 Å². The third-order valence-electron chi connectivity index (χ3n) is 3.10. The summed E-state index contributed by atoms with van der Waals surface area (Å²) in [7, 11) is -1.15. The topological polar surface area (TPSA) is 0 Å². The Balaban J connectivity index is 2.60. The van der Waals surface area contributed by atoms with E-state index >= 15 is 0 Å². The molecule has 106 valence electrons. The zero-order valence-electron chi connectivity index (χ0n) is 12.9. The average molecular weight is 339 g/mol. The van der Waals surface area contributed by atoms with E-state index in [0.29, 0.717) is 15.0 Å².